The van der Waals surface area contributed by atoms with Crippen molar-refractivity contribution >= 4 is 47.2 Å². The molecule has 0 saturated heterocycles. The first-order valence-corrected chi connectivity index (χ1v) is 11.5. The van der Waals surface area contributed by atoms with Crippen LogP contribution in [0.3, 0.4) is 0 Å². The minimum Gasteiger partial charge on any atom is -0.497 e. The Hall–Kier alpha value is -5.46. The molecular weight excluding hydrogens is 510 g/mol. The van der Waals surface area contributed by atoms with E-state index in [4.69, 9.17) is 13.9 Å². The topological polar surface area (TPSA) is 177 Å². The van der Waals surface area contributed by atoms with Gasteiger partial charge in [0.2, 0.25) is 0 Å². The fourth-order valence-corrected chi connectivity index (χ4v) is 2.99. The molecule has 0 spiro atoms. The number of benzene rings is 2. The average molecular weight is 536 g/mol. The van der Waals surface area contributed by atoms with Gasteiger partial charge >= 0.3 is 29.6 Å². The Kier molecular flexibility index (Phi) is 9.90. The molecule has 202 valence electrons. The van der Waals surface area contributed by atoms with E-state index in [1.807, 2.05) is 0 Å². The molecule has 1 aromatic heterocycles. The third kappa shape index (κ3) is 8.56. The van der Waals surface area contributed by atoms with Crippen LogP contribution in [0.4, 0.5) is 11.4 Å². The normalized spacial score (nSPS) is 10.4. The SMILES string of the molecule is CCOC(=O)c1ccc(NC(=O)C(=O)NCc2ccc(/C=N/NC(=O)C(=O)Nc3cccc(OC)c3)o2)cc1. The van der Waals surface area contributed by atoms with Crippen molar-refractivity contribution in [2.45, 2.75) is 13.5 Å². The van der Waals surface area contributed by atoms with Crippen LogP contribution in [0.25, 0.3) is 0 Å². The number of hydrogen-bond acceptors (Lipinski definition) is 9. The van der Waals surface area contributed by atoms with Crippen molar-refractivity contribution in [2.75, 3.05) is 24.4 Å². The third-order valence-electron chi connectivity index (χ3n) is 4.86. The molecule has 0 fully saturated rings. The van der Waals surface area contributed by atoms with E-state index in [0.717, 1.165) is 6.21 Å². The lowest BCUT2D eigenvalue weighted by Gasteiger charge is -2.07. The number of nitrogens with one attached hydrogen (secondary N) is 4. The van der Waals surface area contributed by atoms with Crippen LogP contribution < -0.4 is 26.1 Å². The van der Waals surface area contributed by atoms with E-state index in [9.17, 15) is 24.0 Å². The second-order valence-corrected chi connectivity index (χ2v) is 7.62. The first-order valence-electron chi connectivity index (χ1n) is 11.5. The minimum atomic E-state index is -1.00. The summed E-state index contributed by atoms with van der Waals surface area (Å²) in [6, 6.07) is 15.4. The van der Waals surface area contributed by atoms with Crippen molar-refractivity contribution in [3.05, 3.63) is 77.7 Å². The van der Waals surface area contributed by atoms with Gasteiger partial charge in [-0.1, -0.05) is 6.07 Å². The minimum absolute atomic E-state index is 0.100. The lowest BCUT2D eigenvalue weighted by Crippen LogP contribution is -2.34. The van der Waals surface area contributed by atoms with Gasteiger partial charge in [0.15, 0.2) is 0 Å². The van der Waals surface area contributed by atoms with Gasteiger partial charge in [0.25, 0.3) is 0 Å². The van der Waals surface area contributed by atoms with Crippen molar-refractivity contribution in [3.8, 4) is 5.75 Å². The fraction of sp³-hybridized carbons (Fsp3) is 0.154. The zero-order chi connectivity index (χ0) is 28.2. The predicted molar refractivity (Wildman–Crippen MR) is 139 cm³/mol. The number of esters is 1. The first-order chi connectivity index (χ1) is 18.8. The molecule has 4 N–H and O–H groups in total. The molecule has 13 heteroatoms. The lowest BCUT2D eigenvalue weighted by molar-refractivity contribution is -0.136. The van der Waals surface area contributed by atoms with E-state index in [2.05, 4.69) is 26.5 Å². The van der Waals surface area contributed by atoms with E-state index in [0.29, 0.717) is 28.4 Å². The Morgan fingerprint density at radius 3 is 2.31 bits per heavy atom. The van der Waals surface area contributed by atoms with Crippen LogP contribution in [0, 0.1) is 0 Å². The Bertz CT molecular complexity index is 1380. The lowest BCUT2D eigenvalue weighted by atomic mass is 10.2. The molecule has 39 heavy (non-hydrogen) atoms. The number of rotatable bonds is 9. The van der Waals surface area contributed by atoms with Crippen LogP contribution in [0.2, 0.25) is 0 Å². The highest BCUT2D eigenvalue weighted by molar-refractivity contribution is 6.40. The van der Waals surface area contributed by atoms with Gasteiger partial charge in [0.05, 0.1) is 32.0 Å². The number of carbonyl (C=O) groups excluding carboxylic acids is 5. The van der Waals surface area contributed by atoms with Crippen molar-refractivity contribution in [2.24, 2.45) is 5.10 Å². The van der Waals surface area contributed by atoms with Crippen LogP contribution >= 0.6 is 0 Å². The zero-order valence-electron chi connectivity index (χ0n) is 21.0. The molecule has 0 radical (unpaired) electrons. The van der Waals surface area contributed by atoms with E-state index in [1.165, 1.54) is 43.5 Å². The molecule has 0 bridgehead atoms. The third-order valence-corrected chi connectivity index (χ3v) is 4.86. The highest BCUT2D eigenvalue weighted by Gasteiger charge is 2.16. The van der Waals surface area contributed by atoms with Crippen LogP contribution in [0.15, 0.2) is 70.2 Å². The average Bonchev–Trinajstić information content (AvgIpc) is 3.39. The molecule has 0 aliphatic carbocycles. The maximum Gasteiger partial charge on any atom is 0.338 e. The van der Waals surface area contributed by atoms with Gasteiger partial charge in [-0.15, -0.1) is 0 Å². The molecule has 0 atom stereocenters. The highest BCUT2D eigenvalue weighted by Crippen LogP contribution is 2.16. The Labute approximate surface area is 222 Å². The molecule has 0 saturated carbocycles. The maximum atomic E-state index is 12.1. The summed E-state index contributed by atoms with van der Waals surface area (Å²) >= 11 is 0. The summed E-state index contributed by atoms with van der Waals surface area (Å²) < 4.78 is 15.4. The van der Waals surface area contributed by atoms with Crippen molar-refractivity contribution in [1.82, 2.24) is 10.7 Å². The van der Waals surface area contributed by atoms with Gasteiger partial charge in [-0.3, -0.25) is 19.2 Å². The van der Waals surface area contributed by atoms with E-state index in [-0.39, 0.29) is 18.9 Å². The van der Waals surface area contributed by atoms with Gasteiger partial charge < -0.3 is 29.8 Å². The molecular formula is C26H25N5O8. The molecule has 0 aliphatic rings. The summed E-state index contributed by atoms with van der Waals surface area (Å²) in [5, 5.41) is 10.9. The van der Waals surface area contributed by atoms with Gasteiger partial charge in [-0.25, -0.2) is 10.2 Å². The molecule has 3 aromatic rings. The number of ether oxygens (including phenoxy) is 2. The fourth-order valence-electron chi connectivity index (χ4n) is 2.99. The summed E-state index contributed by atoms with van der Waals surface area (Å²) in [5.74, 6) is -3.22. The van der Waals surface area contributed by atoms with Gasteiger partial charge in [-0.05, 0) is 55.5 Å². The van der Waals surface area contributed by atoms with E-state index >= 15 is 0 Å². The van der Waals surface area contributed by atoms with Crippen molar-refractivity contribution < 1.29 is 37.9 Å². The van der Waals surface area contributed by atoms with Crippen LogP contribution in [-0.4, -0.2) is 49.5 Å². The molecule has 4 amide bonds. The number of amides is 4. The molecule has 0 aliphatic heterocycles. The second kappa shape index (κ2) is 13.7. The standard InChI is InChI=1S/C26H25N5O8/c1-3-38-26(36)16-7-9-17(10-8-16)29-23(33)22(32)27-14-20-11-12-21(39-20)15-28-31-25(35)24(34)30-18-5-4-6-19(13-18)37-2/h4-13,15H,3,14H2,1-2H3,(H,27,32)(H,29,33)(H,30,34)(H,31,35)/b28-15+. The number of anilines is 2. The Balaban J connectivity index is 1.42. The van der Waals surface area contributed by atoms with E-state index < -0.39 is 29.6 Å². The monoisotopic (exact) mass is 535 g/mol. The summed E-state index contributed by atoms with van der Waals surface area (Å²) in [5.41, 5.74) is 3.08. The summed E-state index contributed by atoms with van der Waals surface area (Å²) in [6.07, 6.45) is 1.16. The van der Waals surface area contributed by atoms with Gasteiger partial charge in [0, 0.05) is 17.4 Å². The molecule has 1 heterocycles. The second-order valence-electron chi connectivity index (χ2n) is 7.62. The van der Waals surface area contributed by atoms with Gasteiger partial charge in [-0.2, -0.15) is 5.10 Å². The Morgan fingerprint density at radius 1 is 0.872 bits per heavy atom. The number of furan rings is 1. The number of carbonyl (C=O) groups is 5. The van der Waals surface area contributed by atoms with Crippen LogP contribution in [0.1, 0.15) is 28.8 Å². The van der Waals surface area contributed by atoms with Crippen LogP contribution in [0.5, 0.6) is 5.75 Å². The number of nitrogens with zero attached hydrogens (tertiary/aromatic N) is 1. The molecule has 0 unspecified atom stereocenters. The number of hydrogen-bond donors (Lipinski definition) is 4. The number of methoxy groups -OCH3 is 1. The maximum absolute atomic E-state index is 12.1. The molecule has 13 nitrogen and oxygen atoms in total. The van der Waals surface area contributed by atoms with Gasteiger partial charge in [0.1, 0.15) is 17.3 Å². The first kappa shape index (κ1) is 28.1. The summed E-state index contributed by atoms with van der Waals surface area (Å²) in [6.45, 7) is 1.83. The van der Waals surface area contributed by atoms with E-state index in [1.54, 1.807) is 31.2 Å². The molecule has 2 aromatic carbocycles. The quantitative estimate of drug-likeness (QED) is 0.139. The Morgan fingerprint density at radius 2 is 1.59 bits per heavy atom. The highest BCUT2D eigenvalue weighted by atomic mass is 16.5. The predicted octanol–water partition coefficient (Wildman–Crippen LogP) is 1.81. The largest absolute Gasteiger partial charge is 0.497 e. The summed E-state index contributed by atoms with van der Waals surface area (Å²) in [7, 11) is 1.48. The van der Waals surface area contributed by atoms with Crippen LogP contribution in [-0.2, 0) is 30.5 Å². The number of hydrazone groups is 1. The smallest absolute Gasteiger partial charge is 0.338 e. The summed E-state index contributed by atoms with van der Waals surface area (Å²) in [4.78, 5) is 59.8. The zero-order valence-corrected chi connectivity index (χ0v) is 21.0. The van der Waals surface area contributed by atoms with Crippen molar-refractivity contribution in [1.29, 1.82) is 0 Å². The van der Waals surface area contributed by atoms with Crippen molar-refractivity contribution in [3.63, 3.8) is 0 Å². The molecule has 3 rings (SSSR count).